The van der Waals surface area contributed by atoms with Crippen molar-refractivity contribution in [3.05, 3.63) is 22.8 Å². The van der Waals surface area contributed by atoms with E-state index < -0.39 is 0 Å². The van der Waals surface area contributed by atoms with Gasteiger partial charge in [0.1, 0.15) is 6.10 Å². The molecule has 0 bridgehead atoms. The van der Waals surface area contributed by atoms with Crippen LogP contribution in [0.5, 0.6) is 5.88 Å². The highest BCUT2D eigenvalue weighted by molar-refractivity contribution is 9.10. The molecular formula is C11H13BrN2O3. The third-order valence-electron chi connectivity index (χ3n) is 2.38. The summed E-state index contributed by atoms with van der Waals surface area (Å²) in [6.45, 7) is 3.27. The van der Waals surface area contributed by atoms with Gasteiger partial charge < -0.3 is 14.4 Å². The molecule has 1 aliphatic heterocycles. The van der Waals surface area contributed by atoms with Gasteiger partial charge in [0.2, 0.25) is 5.88 Å². The Kier molecular flexibility index (Phi) is 3.83. The highest BCUT2D eigenvalue weighted by Gasteiger charge is 2.33. The Balaban J connectivity index is 1.81. The Hall–Kier alpha value is -1.30. The van der Waals surface area contributed by atoms with Crippen molar-refractivity contribution in [1.82, 2.24) is 9.88 Å². The lowest BCUT2D eigenvalue weighted by atomic mass is 10.2. The van der Waals surface area contributed by atoms with Crippen LogP contribution in [0.1, 0.15) is 6.92 Å². The highest BCUT2D eigenvalue weighted by Crippen LogP contribution is 2.24. The van der Waals surface area contributed by atoms with E-state index in [0.717, 1.165) is 4.47 Å². The van der Waals surface area contributed by atoms with E-state index in [2.05, 4.69) is 20.9 Å². The molecule has 1 aromatic heterocycles. The van der Waals surface area contributed by atoms with E-state index in [-0.39, 0.29) is 12.2 Å². The SMILES string of the molecule is CCOC(=O)N1CC(Oc2ncccc2Br)C1. The van der Waals surface area contributed by atoms with Crippen LogP contribution in [0.4, 0.5) is 4.79 Å². The third kappa shape index (κ3) is 2.88. The Morgan fingerprint density at radius 1 is 1.65 bits per heavy atom. The van der Waals surface area contributed by atoms with Crippen molar-refractivity contribution in [1.29, 1.82) is 0 Å². The fourth-order valence-electron chi connectivity index (χ4n) is 1.49. The minimum Gasteiger partial charge on any atom is -0.470 e. The second kappa shape index (κ2) is 5.35. The zero-order valence-corrected chi connectivity index (χ0v) is 11.0. The quantitative estimate of drug-likeness (QED) is 0.857. The summed E-state index contributed by atoms with van der Waals surface area (Å²) in [5, 5.41) is 0. The van der Waals surface area contributed by atoms with E-state index in [1.54, 1.807) is 18.0 Å². The van der Waals surface area contributed by atoms with Gasteiger partial charge in [0.25, 0.3) is 0 Å². The number of aromatic nitrogens is 1. The number of nitrogens with zero attached hydrogens (tertiary/aromatic N) is 2. The van der Waals surface area contributed by atoms with Gasteiger partial charge in [-0.1, -0.05) is 0 Å². The van der Waals surface area contributed by atoms with Crippen LogP contribution in [-0.4, -0.2) is 41.8 Å². The Morgan fingerprint density at radius 3 is 3.06 bits per heavy atom. The fourth-order valence-corrected chi connectivity index (χ4v) is 1.84. The maximum atomic E-state index is 11.3. The van der Waals surface area contributed by atoms with Gasteiger partial charge >= 0.3 is 6.09 Å². The fraction of sp³-hybridized carbons (Fsp3) is 0.455. The zero-order chi connectivity index (χ0) is 12.3. The average Bonchev–Trinajstić information content (AvgIpc) is 2.25. The highest BCUT2D eigenvalue weighted by atomic mass is 79.9. The standard InChI is InChI=1S/C11H13BrN2O3/c1-2-16-11(15)14-6-8(7-14)17-10-9(12)4-3-5-13-10/h3-5,8H,2,6-7H2,1H3. The first-order valence-corrected chi connectivity index (χ1v) is 6.19. The number of amides is 1. The van der Waals surface area contributed by atoms with Gasteiger partial charge in [-0.3, -0.25) is 0 Å². The van der Waals surface area contributed by atoms with Crippen LogP contribution in [0.3, 0.4) is 0 Å². The van der Waals surface area contributed by atoms with Gasteiger partial charge in [-0.05, 0) is 35.0 Å². The maximum Gasteiger partial charge on any atom is 0.410 e. The van der Waals surface area contributed by atoms with Gasteiger partial charge in [-0.2, -0.15) is 0 Å². The zero-order valence-electron chi connectivity index (χ0n) is 9.43. The van der Waals surface area contributed by atoms with Crippen molar-refractivity contribution in [3.8, 4) is 5.88 Å². The van der Waals surface area contributed by atoms with E-state index in [0.29, 0.717) is 25.6 Å². The summed E-state index contributed by atoms with van der Waals surface area (Å²) in [5.41, 5.74) is 0. The van der Waals surface area contributed by atoms with Gasteiger partial charge in [-0.25, -0.2) is 9.78 Å². The number of ether oxygens (including phenoxy) is 2. The molecule has 92 valence electrons. The molecule has 5 nitrogen and oxygen atoms in total. The molecule has 0 spiro atoms. The lowest BCUT2D eigenvalue weighted by Crippen LogP contribution is -2.56. The molecule has 1 fully saturated rings. The van der Waals surface area contributed by atoms with Crippen LogP contribution in [0.25, 0.3) is 0 Å². The van der Waals surface area contributed by atoms with E-state index in [9.17, 15) is 4.79 Å². The summed E-state index contributed by atoms with van der Waals surface area (Å²) in [6, 6.07) is 3.69. The summed E-state index contributed by atoms with van der Waals surface area (Å²) in [7, 11) is 0. The van der Waals surface area contributed by atoms with Gasteiger partial charge in [0.15, 0.2) is 0 Å². The molecule has 1 aromatic rings. The first-order valence-electron chi connectivity index (χ1n) is 5.39. The van der Waals surface area contributed by atoms with Crippen LogP contribution in [0.2, 0.25) is 0 Å². The number of hydrogen-bond acceptors (Lipinski definition) is 4. The van der Waals surface area contributed by atoms with Crippen molar-refractivity contribution in [2.75, 3.05) is 19.7 Å². The largest absolute Gasteiger partial charge is 0.470 e. The molecular weight excluding hydrogens is 288 g/mol. The molecule has 1 aliphatic rings. The summed E-state index contributed by atoms with van der Waals surface area (Å²) in [5.74, 6) is 0.556. The molecule has 17 heavy (non-hydrogen) atoms. The first-order chi connectivity index (χ1) is 8.20. The van der Waals surface area contributed by atoms with Crippen LogP contribution < -0.4 is 4.74 Å². The number of pyridine rings is 1. The number of rotatable bonds is 3. The monoisotopic (exact) mass is 300 g/mol. The smallest absolute Gasteiger partial charge is 0.410 e. The maximum absolute atomic E-state index is 11.3. The van der Waals surface area contributed by atoms with Crippen molar-refractivity contribution in [3.63, 3.8) is 0 Å². The summed E-state index contributed by atoms with van der Waals surface area (Å²) < 4.78 is 11.3. The minimum atomic E-state index is -0.285. The normalized spacial score (nSPS) is 15.3. The summed E-state index contributed by atoms with van der Waals surface area (Å²) in [4.78, 5) is 17.0. The van der Waals surface area contributed by atoms with Crippen LogP contribution in [0, 0.1) is 0 Å². The molecule has 0 saturated carbocycles. The number of carbonyl (C=O) groups excluding carboxylic acids is 1. The molecule has 0 unspecified atom stereocenters. The average molecular weight is 301 g/mol. The number of carbonyl (C=O) groups is 1. The lowest BCUT2D eigenvalue weighted by molar-refractivity contribution is 0.0103. The number of hydrogen-bond donors (Lipinski definition) is 0. The Labute approximate surface area is 108 Å². The lowest BCUT2D eigenvalue weighted by Gasteiger charge is -2.37. The molecule has 1 saturated heterocycles. The molecule has 0 aliphatic carbocycles. The molecule has 1 amide bonds. The predicted octanol–water partition coefficient (Wildman–Crippen LogP) is 2.06. The number of likely N-dealkylation sites (tertiary alicyclic amines) is 1. The van der Waals surface area contributed by atoms with Crippen molar-refractivity contribution in [2.45, 2.75) is 13.0 Å². The van der Waals surface area contributed by atoms with E-state index in [1.165, 1.54) is 0 Å². The predicted molar refractivity (Wildman–Crippen MR) is 64.9 cm³/mol. The van der Waals surface area contributed by atoms with Crippen LogP contribution >= 0.6 is 15.9 Å². The third-order valence-corrected chi connectivity index (χ3v) is 2.98. The van der Waals surface area contributed by atoms with Crippen LogP contribution in [-0.2, 0) is 4.74 Å². The second-order valence-corrected chi connectivity index (χ2v) is 4.49. The molecule has 0 radical (unpaired) electrons. The first kappa shape index (κ1) is 12.2. The molecule has 2 heterocycles. The molecule has 0 N–H and O–H groups in total. The summed E-state index contributed by atoms with van der Waals surface area (Å²) >= 11 is 3.35. The minimum absolute atomic E-state index is 0.00870. The van der Waals surface area contributed by atoms with Gasteiger partial charge in [0, 0.05) is 6.20 Å². The molecule has 2 rings (SSSR count). The van der Waals surface area contributed by atoms with Gasteiger partial charge in [-0.15, -0.1) is 0 Å². The molecule has 0 atom stereocenters. The Bertz CT molecular complexity index is 407. The van der Waals surface area contributed by atoms with Crippen LogP contribution in [0.15, 0.2) is 22.8 Å². The molecule has 6 heteroatoms. The van der Waals surface area contributed by atoms with E-state index in [4.69, 9.17) is 9.47 Å². The van der Waals surface area contributed by atoms with Crippen molar-refractivity contribution in [2.24, 2.45) is 0 Å². The second-order valence-electron chi connectivity index (χ2n) is 3.63. The molecule has 0 aromatic carbocycles. The van der Waals surface area contributed by atoms with Gasteiger partial charge in [0.05, 0.1) is 24.2 Å². The van der Waals surface area contributed by atoms with Crippen molar-refractivity contribution >= 4 is 22.0 Å². The van der Waals surface area contributed by atoms with E-state index in [1.807, 2.05) is 12.1 Å². The topological polar surface area (TPSA) is 51.7 Å². The Morgan fingerprint density at radius 2 is 2.41 bits per heavy atom. The number of halogens is 1. The van der Waals surface area contributed by atoms with Crippen molar-refractivity contribution < 1.29 is 14.3 Å². The van der Waals surface area contributed by atoms with E-state index >= 15 is 0 Å². The summed E-state index contributed by atoms with van der Waals surface area (Å²) in [6.07, 6.45) is 1.38.